The van der Waals surface area contributed by atoms with Crippen LogP contribution < -0.4 is 5.32 Å². The van der Waals surface area contributed by atoms with E-state index in [2.05, 4.69) is 10.1 Å². The van der Waals surface area contributed by atoms with Crippen LogP contribution in [0.3, 0.4) is 0 Å². The van der Waals surface area contributed by atoms with Gasteiger partial charge in [-0.1, -0.05) is 24.3 Å². The van der Waals surface area contributed by atoms with Crippen LogP contribution in [0.2, 0.25) is 0 Å². The van der Waals surface area contributed by atoms with Crippen molar-refractivity contribution < 1.29 is 14.3 Å². The zero-order chi connectivity index (χ0) is 16.7. The lowest BCUT2D eigenvalue weighted by Gasteiger charge is -2.07. The van der Waals surface area contributed by atoms with E-state index in [1.54, 1.807) is 36.0 Å². The Bertz CT molecular complexity index is 666. The number of carbonyl (C=O) groups is 2. The lowest BCUT2D eigenvalue weighted by atomic mass is 10.1. The van der Waals surface area contributed by atoms with Crippen LogP contribution in [0, 0.1) is 0 Å². The molecular formula is C18H19NO3S. The van der Waals surface area contributed by atoms with Gasteiger partial charge in [0.1, 0.15) is 0 Å². The molecule has 0 atom stereocenters. The summed E-state index contributed by atoms with van der Waals surface area (Å²) in [6.07, 6.45) is 2.05. The molecule has 0 aliphatic carbocycles. The molecule has 0 unspecified atom stereocenters. The first kappa shape index (κ1) is 17.1. The van der Waals surface area contributed by atoms with Crippen molar-refractivity contribution >= 4 is 23.6 Å². The number of thioether (sulfide) groups is 1. The maximum atomic E-state index is 12.1. The molecule has 0 aromatic heterocycles. The molecule has 0 aliphatic heterocycles. The first-order valence-corrected chi connectivity index (χ1v) is 8.56. The topological polar surface area (TPSA) is 55.4 Å². The summed E-state index contributed by atoms with van der Waals surface area (Å²) >= 11 is 1.75. The van der Waals surface area contributed by atoms with Gasteiger partial charge in [-0.25, -0.2) is 4.79 Å². The minimum absolute atomic E-state index is 0.113. The van der Waals surface area contributed by atoms with E-state index in [0.29, 0.717) is 17.7 Å². The summed E-state index contributed by atoms with van der Waals surface area (Å²) in [6.45, 7) is 0.410. The highest BCUT2D eigenvalue weighted by Crippen LogP contribution is 2.11. The molecule has 0 fully saturated rings. The Balaban J connectivity index is 1.92. The second kappa shape index (κ2) is 8.39. The largest absolute Gasteiger partial charge is 0.465 e. The fraction of sp³-hybridized carbons (Fsp3) is 0.222. The number of nitrogens with one attached hydrogen (secondary N) is 1. The molecule has 0 heterocycles. The van der Waals surface area contributed by atoms with Crippen LogP contribution in [0.15, 0.2) is 48.5 Å². The Kier molecular flexibility index (Phi) is 6.23. The summed E-state index contributed by atoms with van der Waals surface area (Å²) in [5.41, 5.74) is 3.26. The standard InChI is InChI=1S/C18H19NO3S/c1-22-18(21)16-9-3-13(4-10-16)11-19-17(20)15-7-5-14(6-8-15)12-23-2/h3-10H,11-12H2,1-2H3,(H,19,20). The third kappa shape index (κ3) is 4.86. The minimum Gasteiger partial charge on any atom is -0.465 e. The highest BCUT2D eigenvalue weighted by molar-refractivity contribution is 7.97. The van der Waals surface area contributed by atoms with Gasteiger partial charge in [-0.2, -0.15) is 11.8 Å². The molecule has 2 aromatic carbocycles. The number of hydrogen-bond acceptors (Lipinski definition) is 4. The predicted octanol–water partition coefficient (Wildman–Crippen LogP) is 3.27. The van der Waals surface area contributed by atoms with Crippen molar-refractivity contribution in [3.63, 3.8) is 0 Å². The molecule has 4 nitrogen and oxygen atoms in total. The van der Waals surface area contributed by atoms with Gasteiger partial charge in [-0.15, -0.1) is 0 Å². The van der Waals surface area contributed by atoms with Gasteiger partial charge in [-0.05, 0) is 41.6 Å². The lowest BCUT2D eigenvalue weighted by molar-refractivity contribution is 0.0600. The fourth-order valence-corrected chi connectivity index (χ4v) is 2.61. The number of amides is 1. The molecule has 2 rings (SSSR count). The second-order valence-corrected chi connectivity index (χ2v) is 5.87. The Hall–Kier alpha value is -2.27. The molecule has 0 saturated carbocycles. The van der Waals surface area contributed by atoms with Gasteiger partial charge >= 0.3 is 5.97 Å². The number of rotatable bonds is 6. The van der Waals surface area contributed by atoms with Crippen LogP contribution in [0.5, 0.6) is 0 Å². The Morgan fingerprint density at radius 2 is 1.52 bits per heavy atom. The van der Waals surface area contributed by atoms with E-state index in [9.17, 15) is 9.59 Å². The van der Waals surface area contributed by atoms with Crippen molar-refractivity contribution in [2.75, 3.05) is 13.4 Å². The zero-order valence-electron chi connectivity index (χ0n) is 13.2. The molecule has 0 aliphatic rings. The highest BCUT2D eigenvalue weighted by atomic mass is 32.2. The van der Waals surface area contributed by atoms with Gasteiger partial charge in [0.2, 0.25) is 0 Å². The van der Waals surface area contributed by atoms with E-state index in [4.69, 9.17) is 0 Å². The van der Waals surface area contributed by atoms with E-state index in [1.807, 2.05) is 30.5 Å². The van der Waals surface area contributed by atoms with Crippen LogP contribution >= 0.6 is 11.8 Å². The smallest absolute Gasteiger partial charge is 0.337 e. The van der Waals surface area contributed by atoms with Crippen LogP contribution in [-0.4, -0.2) is 25.2 Å². The first-order chi connectivity index (χ1) is 11.1. The Morgan fingerprint density at radius 1 is 0.957 bits per heavy atom. The quantitative estimate of drug-likeness (QED) is 0.827. The molecule has 1 N–H and O–H groups in total. The number of hydrogen-bond donors (Lipinski definition) is 1. The van der Waals surface area contributed by atoms with Gasteiger partial charge in [0.25, 0.3) is 5.91 Å². The summed E-state index contributed by atoms with van der Waals surface area (Å²) in [5.74, 6) is 0.456. The summed E-state index contributed by atoms with van der Waals surface area (Å²) < 4.78 is 4.65. The first-order valence-electron chi connectivity index (χ1n) is 7.17. The minimum atomic E-state index is -0.370. The molecule has 0 saturated heterocycles. The second-order valence-electron chi connectivity index (χ2n) is 5.00. The molecule has 23 heavy (non-hydrogen) atoms. The number of esters is 1. The average molecular weight is 329 g/mol. The van der Waals surface area contributed by atoms with E-state index < -0.39 is 0 Å². The number of methoxy groups -OCH3 is 1. The maximum Gasteiger partial charge on any atom is 0.337 e. The van der Waals surface area contributed by atoms with Crippen molar-refractivity contribution in [2.45, 2.75) is 12.3 Å². The molecule has 2 aromatic rings. The zero-order valence-corrected chi connectivity index (χ0v) is 14.0. The van der Waals surface area contributed by atoms with Crippen molar-refractivity contribution in [1.29, 1.82) is 0 Å². The van der Waals surface area contributed by atoms with Crippen LogP contribution in [0.1, 0.15) is 31.8 Å². The monoisotopic (exact) mass is 329 g/mol. The number of benzene rings is 2. The van der Waals surface area contributed by atoms with Crippen molar-refractivity contribution in [3.8, 4) is 0 Å². The summed E-state index contributed by atoms with van der Waals surface area (Å²) in [4.78, 5) is 23.5. The summed E-state index contributed by atoms with van der Waals surface area (Å²) in [5, 5.41) is 2.87. The van der Waals surface area contributed by atoms with Gasteiger partial charge < -0.3 is 10.1 Å². The SMILES string of the molecule is COC(=O)c1ccc(CNC(=O)c2ccc(CSC)cc2)cc1. The van der Waals surface area contributed by atoms with Crippen molar-refractivity contribution in [3.05, 3.63) is 70.8 Å². The maximum absolute atomic E-state index is 12.1. The van der Waals surface area contributed by atoms with Gasteiger partial charge in [0, 0.05) is 17.9 Å². The van der Waals surface area contributed by atoms with Gasteiger partial charge in [-0.3, -0.25) is 4.79 Å². The average Bonchev–Trinajstić information content (AvgIpc) is 2.60. The third-order valence-electron chi connectivity index (χ3n) is 3.36. The molecule has 120 valence electrons. The molecule has 0 radical (unpaired) electrons. The van der Waals surface area contributed by atoms with Crippen LogP contribution in [0.4, 0.5) is 0 Å². The van der Waals surface area contributed by atoms with Gasteiger partial charge in [0.15, 0.2) is 0 Å². The number of ether oxygens (including phenoxy) is 1. The van der Waals surface area contributed by atoms with E-state index in [-0.39, 0.29) is 11.9 Å². The van der Waals surface area contributed by atoms with Gasteiger partial charge in [0.05, 0.1) is 12.7 Å². The van der Waals surface area contributed by atoms with Crippen LogP contribution in [-0.2, 0) is 17.0 Å². The predicted molar refractivity (Wildman–Crippen MR) is 92.6 cm³/mol. The normalized spacial score (nSPS) is 10.2. The Morgan fingerprint density at radius 3 is 2.09 bits per heavy atom. The highest BCUT2D eigenvalue weighted by Gasteiger charge is 2.07. The van der Waals surface area contributed by atoms with E-state index in [1.165, 1.54) is 12.7 Å². The molecule has 1 amide bonds. The third-order valence-corrected chi connectivity index (χ3v) is 3.98. The summed E-state index contributed by atoms with van der Waals surface area (Å²) in [6, 6.07) is 14.6. The molecule has 5 heteroatoms. The Labute approximate surface area is 140 Å². The van der Waals surface area contributed by atoms with Crippen molar-refractivity contribution in [1.82, 2.24) is 5.32 Å². The summed E-state index contributed by atoms with van der Waals surface area (Å²) in [7, 11) is 1.35. The van der Waals surface area contributed by atoms with Crippen molar-refractivity contribution in [2.24, 2.45) is 0 Å². The molecule has 0 bridgehead atoms. The fourth-order valence-electron chi connectivity index (χ4n) is 2.08. The van der Waals surface area contributed by atoms with E-state index in [0.717, 1.165) is 11.3 Å². The number of carbonyl (C=O) groups excluding carboxylic acids is 2. The lowest BCUT2D eigenvalue weighted by Crippen LogP contribution is -2.22. The molecular weight excluding hydrogens is 310 g/mol. The molecule has 0 spiro atoms. The van der Waals surface area contributed by atoms with Crippen LogP contribution in [0.25, 0.3) is 0 Å². The van der Waals surface area contributed by atoms with E-state index >= 15 is 0 Å².